The average molecular weight is 332 g/mol. The Bertz CT molecular complexity index is 677. The lowest BCUT2D eigenvalue weighted by Gasteiger charge is -2.20. The molecule has 0 aliphatic rings. The zero-order valence-electron chi connectivity index (χ0n) is 13.7. The Kier molecular flexibility index (Phi) is 6.14. The van der Waals surface area contributed by atoms with Crippen molar-refractivity contribution in [2.75, 3.05) is 18.9 Å². The molecule has 6 heteroatoms. The summed E-state index contributed by atoms with van der Waals surface area (Å²) in [5.41, 5.74) is -0.0183. The van der Waals surface area contributed by atoms with Crippen LogP contribution in [-0.4, -0.2) is 35.7 Å². The van der Waals surface area contributed by atoms with Crippen molar-refractivity contribution in [1.29, 1.82) is 0 Å². The summed E-state index contributed by atoms with van der Waals surface area (Å²) in [6.07, 6.45) is -0.0696. The molecule has 128 valence electrons. The highest BCUT2D eigenvalue weighted by molar-refractivity contribution is 5.91. The Balaban J connectivity index is 2.13. The van der Waals surface area contributed by atoms with Crippen molar-refractivity contribution in [2.45, 2.75) is 19.4 Å². The van der Waals surface area contributed by atoms with E-state index in [0.29, 0.717) is 18.7 Å². The highest BCUT2D eigenvalue weighted by Crippen LogP contribution is 2.31. The SMILES string of the molecule is CC(O)CCN(C)C(=O)Nc1c(F)cccc1Oc1ccccc1. The van der Waals surface area contributed by atoms with Crippen molar-refractivity contribution in [3.05, 3.63) is 54.3 Å². The van der Waals surface area contributed by atoms with E-state index in [4.69, 9.17) is 4.74 Å². The first kappa shape index (κ1) is 17.7. The molecule has 0 saturated carbocycles. The van der Waals surface area contributed by atoms with Gasteiger partial charge in [-0.1, -0.05) is 24.3 Å². The predicted molar refractivity (Wildman–Crippen MR) is 90.9 cm³/mol. The summed E-state index contributed by atoms with van der Waals surface area (Å²) >= 11 is 0. The van der Waals surface area contributed by atoms with Gasteiger partial charge in [0.2, 0.25) is 0 Å². The van der Waals surface area contributed by atoms with Gasteiger partial charge < -0.3 is 20.1 Å². The van der Waals surface area contributed by atoms with Gasteiger partial charge in [0, 0.05) is 13.6 Å². The average Bonchev–Trinajstić information content (AvgIpc) is 2.56. The minimum Gasteiger partial charge on any atom is -0.455 e. The third-order valence-electron chi connectivity index (χ3n) is 3.41. The van der Waals surface area contributed by atoms with Crippen LogP contribution in [0.2, 0.25) is 0 Å². The molecular weight excluding hydrogens is 311 g/mol. The van der Waals surface area contributed by atoms with Gasteiger partial charge in [-0.2, -0.15) is 0 Å². The molecule has 1 atom stereocenters. The number of ether oxygens (including phenoxy) is 1. The van der Waals surface area contributed by atoms with E-state index < -0.39 is 18.0 Å². The molecule has 24 heavy (non-hydrogen) atoms. The van der Waals surface area contributed by atoms with Crippen LogP contribution >= 0.6 is 0 Å². The number of nitrogens with zero attached hydrogens (tertiary/aromatic N) is 1. The summed E-state index contributed by atoms with van der Waals surface area (Å²) in [7, 11) is 1.58. The van der Waals surface area contributed by atoms with Gasteiger partial charge >= 0.3 is 6.03 Å². The van der Waals surface area contributed by atoms with E-state index in [1.165, 1.54) is 17.0 Å². The molecule has 0 spiro atoms. The van der Waals surface area contributed by atoms with Gasteiger partial charge in [-0.05, 0) is 37.6 Å². The molecule has 2 aromatic rings. The van der Waals surface area contributed by atoms with Crippen molar-refractivity contribution in [3.8, 4) is 11.5 Å². The molecule has 0 saturated heterocycles. The van der Waals surface area contributed by atoms with Crippen LogP contribution < -0.4 is 10.1 Å². The van der Waals surface area contributed by atoms with Crippen LogP contribution in [0, 0.1) is 5.82 Å². The minimum absolute atomic E-state index is 0.0183. The number of para-hydroxylation sites is 2. The van der Waals surface area contributed by atoms with E-state index in [2.05, 4.69) is 5.32 Å². The number of halogens is 1. The fourth-order valence-electron chi connectivity index (χ4n) is 2.01. The van der Waals surface area contributed by atoms with E-state index in [1.807, 2.05) is 6.07 Å². The number of hydrogen-bond acceptors (Lipinski definition) is 3. The van der Waals surface area contributed by atoms with Crippen LogP contribution in [0.25, 0.3) is 0 Å². The second-order valence-electron chi connectivity index (χ2n) is 5.52. The Morgan fingerprint density at radius 2 is 1.96 bits per heavy atom. The van der Waals surface area contributed by atoms with Crippen LogP contribution in [0.1, 0.15) is 13.3 Å². The lowest BCUT2D eigenvalue weighted by atomic mass is 10.2. The van der Waals surface area contributed by atoms with Crippen LogP contribution in [-0.2, 0) is 0 Å². The van der Waals surface area contributed by atoms with Crippen LogP contribution in [0.3, 0.4) is 0 Å². The molecule has 2 N–H and O–H groups in total. The minimum atomic E-state index is -0.583. The highest BCUT2D eigenvalue weighted by atomic mass is 19.1. The number of amides is 2. The smallest absolute Gasteiger partial charge is 0.321 e. The lowest BCUT2D eigenvalue weighted by molar-refractivity contribution is 0.167. The molecule has 1 unspecified atom stereocenters. The van der Waals surface area contributed by atoms with Crippen LogP contribution in [0.5, 0.6) is 11.5 Å². The molecule has 2 amide bonds. The van der Waals surface area contributed by atoms with Gasteiger partial charge in [0.05, 0.1) is 6.10 Å². The number of nitrogens with one attached hydrogen (secondary N) is 1. The van der Waals surface area contributed by atoms with E-state index >= 15 is 0 Å². The van der Waals surface area contributed by atoms with Crippen LogP contribution in [0.4, 0.5) is 14.9 Å². The number of carbonyl (C=O) groups is 1. The Morgan fingerprint density at radius 1 is 1.25 bits per heavy atom. The van der Waals surface area contributed by atoms with Gasteiger partial charge in [0.25, 0.3) is 0 Å². The monoisotopic (exact) mass is 332 g/mol. The fourth-order valence-corrected chi connectivity index (χ4v) is 2.01. The number of aliphatic hydroxyl groups excluding tert-OH is 1. The van der Waals surface area contributed by atoms with Gasteiger partial charge in [0.1, 0.15) is 11.4 Å². The number of anilines is 1. The Morgan fingerprint density at radius 3 is 2.62 bits per heavy atom. The van der Waals surface area contributed by atoms with E-state index in [0.717, 1.165) is 0 Å². The largest absolute Gasteiger partial charge is 0.455 e. The first-order valence-corrected chi connectivity index (χ1v) is 7.69. The maximum Gasteiger partial charge on any atom is 0.321 e. The van der Waals surface area contributed by atoms with Crippen molar-refractivity contribution < 1.29 is 19.0 Å². The maximum atomic E-state index is 14.1. The van der Waals surface area contributed by atoms with E-state index in [-0.39, 0.29) is 11.4 Å². The second kappa shape index (κ2) is 8.31. The second-order valence-corrected chi connectivity index (χ2v) is 5.52. The normalized spacial score (nSPS) is 11.7. The molecule has 0 fully saturated rings. The topological polar surface area (TPSA) is 61.8 Å². The predicted octanol–water partition coefficient (Wildman–Crippen LogP) is 3.85. The zero-order valence-corrected chi connectivity index (χ0v) is 13.7. The first-order valence-electron chi connectivity index (χ1n) is 7.69. The lowest BCUT2D eigenvalue weighted by Crippen LogP contribution is -2.33. The number of urea groups is 1. The third kappa shape index (κ3) is 4.96. The molecular formula is C18H21FN2O3. The number of hydrogen-bond donors (Lipinski definition) is 2. The number of rotatable bonds is 6. The van der Waals surface area contributed by atoms with Crippen LogP contribution in [0.15, 0.2) is 48.5 Å². The van der Waals surface area contributed by atoms with Gasteiger partial charge in [0.15, 0.2) is 11.6 Å². The molecule has 0 bridgehead atoms. The Labute approximate surface area is 140 Å². The molecule has 0 aliphatic carbocycles. The van der Waals surface area contributed by atoms with Crippen molar-refractivity contribution in [1.82, 2.24) is 4.90 Å². The van der Waals surface area contributed by atoms with E-state index in [1.54, 1.807) is 44.3 Å². The summed E-state index contributed by atoms with van der Waals surface area (Å²) in [4.78, 5) is 13.6. The van der Waals surface area contributed by atoms with Gasteiger partial charge in [-0.3, -0.25) is 0 Å². The van der Waals surface area contributed by atoms with Crippen molar-refractivity contribution in [2.24, 2.45) is 0 Å². The van der Waals surface area contributed by atoms with E-state index in [9.17, 15) is 14.3 Å². The molecule has 0 aliphatic heterocycles. The molecule has 0 aromatic heterocycles. The molecule has 5 nitrogen and oxygen atoms in total. The van der Waals surface area contributed by atoms with Gasteiger partial charge in [-0.25, -0.2) is 9.18 Å². The molecule has 0 radical (unpaired) electrons. The number of benzene rings is 2. The number of carbonyl (C=O) groups excluding carboxylic acids is 1. The summed E-state index contributed by atoms with van der Waals surface area (Å²) in [6, 6.07) is 12.8. The first-order chi connectivity index (χ1) is 11.5. The number of aliphatic hydroxyl groups is 1. The summed E-state index contributed by atoms with van der Waals surface area (Å²) in [5.74, 6) is 0.181. The maximum absolute atomic E-state index is 14.1. The third-order valence-corrected chi connectivity index (χ3v) is 3.41. The fraction of sp³-hybridized carbons (Fsp3) is 0.278. The molecule has 0 heterocycles. The standard InChI is InChI=1S/C18H21FN2O3/c1-13(22)11-12-21(2)18(23)20-17-15(19)9-6-10-16(17)24-14-7-4-3-5-8-14/h3-10,13,22H,11-12H2,1-2H3,(H,20,23). The molecule has 2 rings (SSSR count). The van der Waals surface area contributed by atoms with Crippen molar-refractivity contribution >= 4 is 11.7 Å². The van der Waals surface area contributed by atoms with Crippen molar-refractivity contribution in [3.63, 3.8) is 0 Å². The Hall–Kier alpha value is -2.60. The van der Waals surface area contributed by atoms with Gasteiger partial charge in [-0.15, -0.1) is 0 Å². The molecule has 2 aromatic carbocycles. The zero-order chi connectivity index (χ0) is 17.5. The quantitative estimate of drug-likeness (QED) is 0.844. The summed E-state index contributed by atoms with van der Waals surface area (Å²) in [5, 5.41) is 11.8. The summed E-state index contributed by atoms with van der Waals surface area (Å²) in [6.45, 7) is 2.00. The summed E-state index contributed by atoms with van der Waals surface area (Å²) < 4.78 is 19.8. The highest BCUT2D eigenvalue weighted by Gasteiger charge is 2.16.